The first kappa shape index (κ1) is 22.8. The van der Waals surface area contributed by atoms with Crippen LogP contribution in [0.1, 0.15) is 40.9 Å². The lowest BCUT2D eigenvalue weighted by Gasteiger charge is -2.22. The number of carbonyl (C=O) groups is 2. The Morgan fingerprint density at radius 1 is 1.21 bits per heavy atom. The van der Waals surface area contributed by atoms with Crippen LogP contribution < -0.4 is 16.4 Å². The van der Waals surface area contributed by atoms with E-state index in [-0.39, 0.29) is 11.9 Å². The molecule has 1 aromatic carbocycles. The molecule has 7 heteroatoms. The van der Waals surface area contributed by atoms with Crippen LogP contribution in [0.2, 0.25) is 0 Å². The summed E-state index contributed by atoms with van der Waals surface area (Å²) >= 11 is 1.58. The third kappa shape index (κ3) is 6.80. The van der Waals surface area contributed by atoms with Crippen LogP contribution in [0.3, 0.4) is 0 Å². The first-order valence-corrected chi connectivity index (χ1v) is 10.6. The van der Waals surface area contributed by atoms with Gasteiger partial charge in [0, 0.05) is 23.9 Å². The highest BCUT2D eigenvalue weighted by atomic mass is 32.1. The van der Waals surface area contributed by atoms with Gasteiger partial charge >= 0.3 is 0 Å². The first-order valence-electron chi connectivity index (χ1n) is 9.77. The van der Waals surface area contributed by atoms with Gasteiger partial charge in [0.2, 0.25) is 11.8 Å². The number of amides is 2. The van der Waals surface area contributed by atoms with Crippen molar-refractivity contribution in [1.82, 2.24) is 15.6 Å². The van der Waals surface area contributed by atoms with Gasteiger partial charge in [-0.3, -0.25) is 9.59 Å². The number of hydrogen-bond donors (Lipinski definition) is 3. The van der Waals surface area contributed by atoms with Crippen molar-refractivity contribution in [2.24, 2.45) is 5.73 Å². The Hall–Kier alpha value is -2.51. The number of hydrogen-bond acceptors (Lipinski definition) is 5. The van der Waals surface area contributed by atoms with Crippen LogP contribution in [-0.2, 0) is 22.4 Å². The van der Waals surface area contributed by atoms with Gasteiger partial charge in [-0.25, -0.2) is 4.98 Å². The number of aromatic nitrogens is 1. The van der Waals surface area contributed by atoms with Crippen molar-refractivity contribution in [3.8, 4) is 0 Å². The molecular weight excluding hydrogens is 384 g/mol. The molecule has 0 radical (unpaired) electrons. The second-order valence-corrected chi connectivity index (χ2v) is 8.43. The molecule has 0 saturated carbocycles. The minimum atomic E-state index is -0.740. The van der Waals surface area contributed by atoms with Crippen molar-refractivity contribution in [3.63, 3.8) is 0 Å². The Morgan fingerprint density at radius 2 is 1.90 bits per heavy atom. The molecule has 2 amide bonds. The highest BCUT2D eigenvalue weighted by Gasteiger charge is 2.25. The smallest absolute Gasteiger partial charge is 0.244 e. The van der Waals surface area contributed by atoms with Gasteiger partial charge in [-0.15, -0.1) is 11.3 Å². The van der Waals surface area contributed by atoms with Gasteiger partial charge in [-0.05, 0) is 30.9 Å². The van der Waals surface area contributed by atoms with E-state index in [2.05, 4.69) is 36.0 Å². The predicted octanol–water partition coefficient (Wildman–Crippen LogP) is 2.47. The van der Waals surface area contributed by atoms with Gasteiger partial charge in [0.05, 0.1) is 10.7 Å². The fourth-order valence-electron chi connectivity index (χ4n) is 3.10. The molecule has 4 N–H and O–H groups in total. The third-order valence-corrected chi connectivity index (χ3v) is 6.03. The molecule has 2 atom stereocenters. The lowest BCUT2D eigenvalue weighted by molar-refractivity contribution is -0.127. The van der Waals surface area contributed by atoms with Crippen LogP contribution >= 0.6 is 11.3 Å². The van der Waals surface area contributed by atoms with Gasteiger partial charge in [-0.2, -0.15) is 0 Å². The molecule has 2 aromatic rings. The molecule has 0 aliphatic rings. The zero-order valence-electron chi connectivity index (χ0n) is 17.3. The fourth-order valence-corrected chi connectivity index (χ4v) is 4.21. The predicted molar refractivity (Wildman–Crippen MR) is 118 cm³/mol. The highest BCUT2D eigenvalue weighted by molar-refractivity contribution is 7.11. The number of nitrogens with two attached hydrogens (primary N) is 1. The lowest BCUT2D eigenvalue weighted by atomic mass is 10.1. The Bertz CT molecular complexity index is 833. The molecule has 6 nitrogen and oxygen atoms in total. The van der Waals surface area contributed by atoms with E-state index in [1.165, 1.54) is 4.88 Å². The van der Waals surface area contributed by atoms with E-state index in [9.17, 15) is 9.59 Å². The van der Waals surface area contributed by atoms with Crippen molar-refractivity contribution in [1.29, 1.82) is 0 Å². The highest BCUT2D eigenvalue weighted by Crippen LogP contribution is 2.26. The standard InChI is InChI=1S/C22H30N4O2S/c1-5-19(27)26-18(12-20-24-15(4)21(29-20)14(2)3)22(28)25-17(13-23)11-16-9-7-6-8-10-16/h5-10,14,17-18H,1,11-13,23H2,2-4H3,(H,25,28)(H,26,27)/t17-,18-/m0/s1. The number of benzene rings is 1. The summed E-state index contributed by atoms with van der Waals surface area (Å²) in [6, 6.07) is 8.88. The SMILES string of the molecule is C=CC(=O)N[C@@H](Cc1nc(C)c(C(C)C)s1)C(=O)N[C@H](CN)Cc1ccccc1. The van der Waals surface area contributed by atoms with E-state index < -0.39 is 11.9 Å². The summed E-state index contributed by atoms with van der Waals surface area (Å²) in [5.41, 5.74) is 7.94. The van der Waals surface area contributed by atoms with E-state index >= 15 is 0 Å². The molecule has 0 spiro atoms. The van der Waals surface area contributed by atoms with Crippen LogP contribution in [0.4, 0.5) is 0 Å². The molecule has 0 aliphatic heterocycles. The molecule has 0 aliphatic carbocycles. The largest absolute Gasteiger partial charge is 0.350 e. The van der Waals surface area contributed by atoms with E-state index in [1.54, 1.807) is 11.3 Å². The van der Waals surface area contributed by atoms with Gasteiger partial charge < -0.3 is 16.4 Å². The normalized spacial score (nSPS) is 13.0. The van der Waals surface area contributed by atoms with Gasteiger partial charge in [0.1, 0.15) is 6.04 Å². The first-order chi connectivity index (χ1) is 13.8. The Kier molecular flexibility index (Phi) is 8.54. The molecule has 156 valence electrons. The van der Waals surface area contributed by atoms with Crippen molar-refractivity contribution in [2.45, 2.75) is 51.6 Å². The van der Waals surface area contributed by atoms with Crippen LogP contribution in [0.5, 0.6) is 0 Å². The second kappa shape index (κ2) is 10.9. The van der Waals surface area contributed by atoms with Crippen LogP contribution in [0.25, 0.3) is 0 Å². The second-order valence-electron chi connectivity index (χ2n) is 7.31. The van der Waals surface area contributed by atoms with Crippen molar-refractivity contribution < 1.29 is 9.59 Å². The molecular formula is C22H30N4O2S. The summed E-state index contributed by atoms with van der Waals surface area (Å²) in [6.07, 6.45) is 2.11. The quantitative estimate of drug-likeness (QED) is 0.520. The summed E-state index contributed by atoms with van der Waals surface area (Å²) in [5.74, 6) is -0.302. The summed E-state index contributed by atoms with van der Waals surface area (Å²) in [4.78, 5) is 30.6. The van der Waals surface area contributed by atoms with Gasteiger partial charge in [-0.1, -0.05) is 50.8 Å². The van der Waals surface area contributed by atoms with Gasteiger partial charge in [0.15, 0.2) is 0 Å². The molecule has 1 aromatic heterocycles. The average molecular weight is 415 g/mol. The maximum atomic E-state index is 12.9. The zero-order chi connectivity index (χ0) is 21.4. The Morgan fingerprint density at radius 3 is 2.45 bits per heavy atom. The molecule has 0 unspecified atom stereocenters. The van der Waals surface area contributed by atoms with Gasteiger partial charge in [0.25, 0.3) is 0 Å². The molecule has 29 heavy (non-hydrogen) atoms. The molecule has 2 rings (SSSR count). The van der Waals surface area contributed by atoms with E-state index in [1.807, 2.05) is 37.3 Å². The summed E-state index contributed by atoms with van der Waals surface area (Å²) in [6.45, 7) is 9.98. The molecule has 0 saturated heterocycles. The number of nitrogens with zero attached hydrogens (tertiary/aromatic N) is 1. The van der Waals surface area contributed by atoms with Crippen molar-refractivity contribution in [2.75, 3.05) is 6.54 Å². The molecule has 0 fully saturated rings. The fraction of sp³-hybridized carbons (Fsp3) is 0.409. The monoisotopic (exact) mass is 414 g/mol. The third-order valence-electron chi connectivity index (χ3n) is 4.55. The number of carbonyl (C=O) groups excluding carboxylic acids is 2. The molecule has 0 bridgehead atoms. The number of thiazole rings is 1. The summed E-state index contributed by atoms with van der Waals surface area (Å²) in [5, 5.41) is 6.52. The summed E-state index contributed by atoms with van der Waals surface area (Å²) in [7, 11) is 0. The lowest BCUT2D eigenvalue weighted by Crippen LogP contribution is -2.52. The van der Waals surface area contributed by atoms with Crippen molar-refractivity contribution in [3.05, 3.63) is 64.1 Å². The Labute approximate surface area is 176 Å². The van der Waals surface area contributed by atoms with Crippen molar-refractivity contribution >= 4 is 23.2 Å². The minimum absolute atomic E-state index is 0.225. The van der Waals surface area contributed by atoms with E-state index in [0.717, 1.165) is 22.3 Å². The average Bonchev–Trinajstić information content (AvgIpc) is 3.07. The number of aryl methyl sites for hydroxylation is 1. The maximum absolute atomic E-state index is 12.9. The zero-order valence-corrected chi connectivity index (χ0v) is 18.1. The van der Waals surface area contributed by atoms with E-state index in [0.29, 0.717) is 25.3 Å². The minimum Gasteiger partial charge on any atom is -0.350 e. The van der Waals surface area contributed by atoms with E-state index in [4.69, 9.17) is 5.73 Å². The Balaban J connectivity index is 2.12. The topological polar surface area (TPSA) is 97.1 Å². The van der Waals surface area contributed by atoms with Crippen LogP contribution in [0.15, 0.2) is 43.0 Å². The maximum Gasteiger partial charge on any atom is 0.244 e. The van der Waals surface area contributed by atoms with Crippen LogP contribution in [0, 0.1) is 6.92 Å². The molecule has 1 heterocycles. The number of nitrogens with one attached hydrogen (secondary N) is 2. The summed E-state index contributed by atoms with van der Waals surface area (Å²) < 4.78 is 0. The number of rotatable bonds is 10. The van der Waals surface area contributed by atoms with Crippen LogP contribution in [-0.4, -0.2) is 35.4 Å².